The van der Waals surface area contributed by atoms with Crippen molar-refractivity contribution in [1.82, 2.24) is 10.0 Å². The number of morpholine rings is 1. The van der Waals surface area contributed by atoms with E-state index in [0.29, 0.717) is 25.5 Å². The number of para-hydroxylation sites is 1. The molecule has 1 saturated heterocycles. The van der Waals surface area contributed by atoms with Crippen LogP contribution >= 0.6 is 0 Å². The molecule has 1 aromatic carbocycles. The lowest BCUT2D eigenvalue weighted by molar-refractivity contribution is -0.000404. The maximum absolute atomic E-state index is 11.8. The van der Waals surface area contributed by atoms with E-state index in [1.165, 1.54) is 13.1 Å². The van der Waals surface area contributed by atoms with Gasteiger partial charge in [-0.2, -0.15) is 0 Å². The summed E-state index contributed by atoms with van der Waals surface area (Å²) in [6.45, 7) is 2.51. The van der Waals surface area contributed by atoms with Crippen LogP contribution in [0.15, 0.2) is 29.2 Å². The van der Waals surface area contributed by atoms with E-state index in [-0.39, 0.29) is 11.0 Å². The highest BCUT2D eigenvalue weighted by Crippen LogP contribution is 2.23. The first-order chi connectivity index (χ1) is 9.13. The van der Waals surface area contributed by atoms with E-state index < -0.39 is 10.0 Å². The molecule has 106 valence electrons. The highest BCUT2D eigenvalue weighted by Gasteiger charge is 2.19. The molecule has 2 rings (SSSR count). The number of rotatable bonds is 5. The van der Waals surface area contributed by atoms with Gasteiger partial charge >= 0.3 is 0 Å². The van der Waals surface area contributed by atoms with Gasteiger partial charge in [0.05, 0.1) is 6.61 Å². The molecule has 0 aromatic heterocycles. The fourth-order valence-electron chi connectivity index (χ4n) is 1.81. The lowest BCUT2D eigenvalue weighted by Crippen LogP contribution is -2.41. The largest absolute Gasteiger partial charge is 0.489 e. The quantitative estimate of drug-likeness (QED) is 0.794. The zero-order valence-corrected chi connectivity index (χ0v) is 11.6. The van der Waals surface area contributed by atoms with E-state index in [9.17, 15) is 8.42 Å². The van der Waals surface area contributed by atoms with Crippen LogP contribution in [0.5, 0.6) is 5.75 Å². The third-order valence-electron chi connectivity index (χ3n) is 2.84. The Balaban J connectivity index is 2.07. The van der Waals surface area contributed by atoms with Crippen molar-refractivity contribution in [3.8, 4) is 5.75 Å². The second kappa shape index (κ2) is 6.33. The predicted molar refractivity (Wildman–Crippen MR) is 70.8 cm³/mol. The summed E-state index contributed by atoms with van der Waals surface area (Å²) >= 11 is 0. The van der Waals surface area contributed by atoms with Crippen molar-refractivity contribution in [2.24, 2.45) is 0 Å². The molecular weight excluding hydrogens is 268 g/mol. The van der Waals surface area contributed by atoms with Crippen LogP contribution in [0.1, 0.15) is 0 Å². The van der Waals surface area contributed by atoms with Crippen molar-refractivity contribution in [3.63, 3.8) is 0 Å². The molecule has 6 nitrogen and oxygen atoms in total. The molecule has 0 saturated carbocycles. The summed E-state index contributed by atoms with van der Waals surface area (Å²) in [7, 11) is -2.14. The van der Waals surface area contributed by atoms with Crippen molar-refractivity contribution in [1.29, 1.82) is 0 Å². The standard InChI is InChI=1S/C12H18N2O4S/c1-13-19(15,16)12-5-3-2-4-11(12)18-9-10-8-14-6-7-17-10/h2-5,10,13-14H,6-9H2,1H3. The van der Waals surface area contributed by atoms with E-state index in [4.69, 9.17) is 9.47 Å². The molecule has 0 amide bonds. The Morgan fingerprint density at radius 2 is 2.26 bits per heavy atom. The molecule has 1 atom stereocenters. The van der Waals surface area contributed by atoms with Gasteiger partial charge in [0.2, 0.25) is 10.0 Å². The Morgan fingerprint density at radius 3 is 2.95 bits per heavy atom. The van der Waals surface area contributed by atoms with Crippen LogP contribution in [0.2, 0.25) is 0 Å². The highest BCUT2D eigenvalue weighted by molar-refractivity contribution is 7.89. The van der Waals surface area contributed by atoms with Gasteiger partial charge in [0.1, 0.15) is 23.4 Å². The number of hydrogen-bond donors (Lipinski definition) is 2. The predicted octanol–water partition coefficient (Wildman–Crippen LogP) is -0.0381. The maximum atomic E-state index is 11.8. The van der Waals surface area contributed by atoms with Crippen LogP contribution in [0.3, 0.4) is 0 Å². The fourth-order valence-corrected chi connectivity index (χ4v) is 2.68. The molecule has 0 bridgehead atoms. The molecule has 1 fully saturated rings. The van der Waals surface area contributed by atoms with Gasteiger partial charge in [-0.15, -0.1) is 0 Å². The summed E-state index contributed by atoms with van der Waals surface area (Å²) in [4.78, 5) is 0.140. The van der Waals surface area contributed by atoms with Crippen LogP contribution in [0.4, 0.5) is 0 Å². The highest BCUT2D eigenvalue weighted by atomic mass is 32.2. The summed E-state index contributed by atoms with van der Waals surface area (Å²) in [6, 6.07) is 6.56. The first-order valence-corrected chi connectivity index (χ1v) is 7.59. The molecule has 1 aromatic rings. The van der Waals surface area contributed by atoms with Crippen LogP contribution < -0.4 is 14.8 Å². The summed E-state index contributed by atoms with van der Waals surface area (Å²) in [5, 5.41) is 3.19. The van der Waals surface area contributed by atoms with E-state index >= 15 is 0 Å². The zero-order chi connectivity index (χ0) is 13.7. The molecule has 0 aliphatic carbocycles. The minimum atomic E-state index is -3.51. The Labute approximate surface area is 113 Å². The van der Waals surface area contributed by atoms with E-state index in [2.05, 4.69) is 10.0 Å². The Bertz CT molecular complexity index is 512. The summed E-state index contributed by atoms with van der Waals surface area (Å²) in [5.74, 6) is 0.339. The zero-order valence-electron chi connectivity index (χ0n) is 10.8. The first kappa shape index (κ1) is 14.3. The second-order valence-corrected chi connectivity index (χ2v) is 6.02. The number of hydrogen-bond acceptors (Lipinski definition) is 5. The van der Waals surface area contributed by atoms with E-state index in [0.717, 1.165) is 6.54 Å². The SMILES string of the molecule is CNS(=O)(=O)c1ccccc1OCC1CNCCO1. The van der Waals surface area contributed by atoms with Crippen LogP contribution in [-0.2, 0) is 14.8 Å². The van der Waals surface area contributed by atoms with Gasteiger partial charge in [-0.1, -0.05) is 12.1 Å². The molecule has 0 radical (unpaired) electrons. The Morgan fingerprint density at radius 1 is 1.47 bits per heavy atom. The smallest absolute Gasteiger partial charge is 0.243 e. The number of ether oxygens (including phenoxy) is 2. The van der Waals surface area contributed by atoms with Crippen molar-refractivity contribution < 1.29 is 17.9 Å². The molecule has 2 N–H and O–H groups in total. The normalized spacial score (nSPS) is 20.2. The van der Waals surface area contributed by atoms with Crippen molar-refractivity contribution in [3.05, 3.63) is 24.3 Å². The van der Waals surface area contributed by atoms with Crippen LogP contribution in [0.25, 0.3) is 0 Å². The topological polar surface area (TPSA) is 76.7 Å². The minimum Gasteiger partial charge on any atom is -0.489 e. The van der Waals surface area contributed by atoms with Crippen molar-refractivity contribution in [2.75, 3.05) is 33.4 Å². The first-order valence-electron chi connectivity index (χ1n) is 6.11. The van der Waals surface area contributed by atoms with Crippen molar-refractivity contribution in [2.45, 2.75) is 11.0 Å². The molecule has 7 heteroatoms. The molecule has 1 unspecified atom stereocenters. The van der Waals surface area contributed by atoms with Gasteiger partial charge in [0.15, 0.2) is 0 Å². The number of sulfonamides is 1. The summed E-state index contributed by atoms with van der Waals surface area (Å²) in [5.41, 5.74) is 0. The average Bonchev–Trinajstić information content (AvgIpc) is 2.46. The monoisotopic (exact) mass is 286 g/mol. The van der Waals surface area contributed by atoms with Gasteiger partial charge in [0.25, 0.3) is 0 Å². The van der Waals surface area contributed by atoms with Crippen LogP contribution in [-0.4, -0.2) is 47.9 Å². The fraction of sp³-hybridized carbons (Fsp3) is 0.500. The lowest BCUT2D eigenvalue weighted by atomic mass is 10.3. The third-order valence-corrected chi connectivity index (χ3v) is 4.29. The van der Waals surface area contributed by atoms with Gasteiger partial charge in [-0.05, 0) is 19.2 Å². The lowest BCUT2D eigenvalue weighted by Gasteiger charge is -2.24. The van der Waals surface area contributed by atoms with Gasteiger partial charge in [0, 0.05) is 13.1 Å². The minimum absolute atomic E-state index is 0.0564. The Hall–Kier alpha value is -1.15. The summed E-state index contributed by atoms with van der Waals surface area (Å²) in [6.07, 6.45) is -0.0564. The molecule has 1 heterocycles. The second-order valence-electron chi connectivity index (χ2n) is 4.16. The van der Waals surface area contributed by atoms with E-state index in [1.54, 1.807) is 18.2 Å². The number of nitrogens with one attached hydrogen (secondary N) is 2. The average molecular weight is 286 g/mol. The third kappa shape index (κ3) is 3.66. The number of benzene rings is 1. The van der Waals surface area contributed by atoms with Crippen LogP contribution in [0, 0.1) is 0 Å². The van der Waals surface area contributed by atoms with Gasteiger partial charge in [-0.25, -0.2) is 13.1 Å². The summed E-state index contributed by atoms with van der Waals surface area (Å²) < 4.78 is 37.0. The van der Waals surface area contributed by atoms with Crippen molar-refractivity contribution >= 4 is 10.0 Å². The molecular formula is C12H18N2O4S. The van der Waals surface area contributed by atoms with E-state index in [1.807, 2.05) is 0 Å². The van der Waals surface area contributed by atoms with Gasteiger partial charge < -0.3 is 14.8 Å². The molecule has 1 aliphatic heterocycles. The molecule has 1 aliphatic rings. The maximum Gasteiger partial charge on any atom is 0.243 e. The molecule has 19 heavy (non-hydrogen) atoms. The Kier molecular flexibility index (Phi) is 4.76. The van der Waals surface area contributed by atoms with Gasteiger partial charge in [-0.3, -0.25) is 0 Å². The molecule has 0 spiro atoms.